The zero-order valence-electron chi connectivity index (χ0n) is 19.7. The lowest BCUT2D eigenvalue weighted by Gasteiger charge is -2.46. The predicted molar refractivity (Wildman–Crippen MR) is 128 cm³/mol. The maximum absolute atomic E-state index is 15.3. The Kier molecular flexibility index (Phi) is 6.86. The van der Waals surface area contributed by atoms with Crippen LogP contribution >= 0.6 is 0 Å². The predicted octanol–water partition coefficient (Wildman–Crippen LogP) is 4.32. The van der Waals surface area contributed by atoms with Crippen molar-refractivity contribution in [2.45, 2.75) is 25.9 Å². The molecular weight excluding hydrogens is 468 g/mol. The number of hydrogen-bond acceptors (Lipinski definition) is 8. The number of piperidine rings is 1. The van der Waals surface area contributed by atoms with E-state index in [1.54, 1.807) is 0 Å². The topological polar surface area (TPSA) is 89.7 Å². The summed E-state index contributed by atoms with van der Waals surface area (Å²) in [7, 11) is 0. The molecule has 9 nitrogen and oxygen atoms in total. The standard InChI is InChI=1S/C25H25F2N7O2/c1-3-4-15-8-29-25(30-9-15)34-10-16-12-35-13-17(11-34)22(16)36-24-21(27)23(31-14-32-24)33-20-6-5-18(28-2)7-19(20)26/h5-9,14,16-17,22H,3-4,10-13H2,1H3,(H,31,32,33). The Morgan fingerprint density at radius 1 is 1.14 bits per heavy atom. The number of aryl methyl sites for hydroxylation is 1. The molecule has 0 spiro atoms. The first-order chi connectivity index (χ1) is 17.6. The molecule has 0 saturated carbocycles. The normalized spacial score (nSPS) is 21.1. The first-order valence-electron chi connectivity index (χ1n) is 11.8. The Balaban J connectivity index is 1.31. The number of fused-ring (bicyclic) bond motifs is 2. The molecule has 1 N–H and O–H groups in total. The molecule has 11 heteroatoms. The van der Waals surface area contributed by atoms with Crippen molar-refractivity contribution in [1.29, 1.82) is 0 Å². The molecule has 5 rings (SSSR count). The van der Waals surface area contributed by atoms with Gasteiger partial charge < -0.3 is 19.7 Å². The van der Waals surface area contributed by atoms with Crippen molar-refractivity contribution in [1.82, 2.24) is 19.9 Å². The van der Waals surface area contributed by atoms with Gasteiger partial charge in [-0.3, -0.25) is 0 Å². The molecular formula is C25H25F2N7O2. The van der Waals surface area contributed by atoms with Crippen molar-refractivity contribution in [2.24, 2.45) is 11.8 Å². The summed E-state index contributed by atoms with van der Waals surface area (Å²) in [6.07, 6.45) is 6.55. The second-order valence-corrected chi connectivity index (χ2v) is 8.93. The van der Waals surface area contributed by atoms with Crippen LogP contribution in [0.25, 0.3) is 4.85 Å². The van der Waals surface area contributed by atoms with Crippen molar-refractivity contribution >= 4 is 23.1 Å². The molecule has 2 fully saturated rings. The van der Waals surface area contributed by atoms with Crippen LogP contribution in [0.15, 0.2) is 36.9 Å². The molecule has 0 amide bonds. The number of benzene rings is 1. The van der Waals surface area contributed by atoms with Crippen molar-refractivity contribution < 1.29 is 18.3 Å². The minimum atomic E-state index is -0.817. The third kappa shape index (κ3) is 4.90. The molecule has 1 aromatic carbocycles. The number of anilines is 3. The van der Waals surface area contributed by atoms with E-state index < -0.39 is 11.6 Å². The van der Waals surface area contributed by atoms with Crippen LogP contribution in [0.4, 0.5) is 31.9 Å². The highest BCUT2D eigenvalue weighted by Crippen LogP contribution is 2.34. The van der Waals surface area contributed by atoms with Gasteiger partial charge in [-0.1, -0.05) is 19.4 Å². The summed E-state index contributed by atoms with van der Waals surface area (Å²) >= 11 is 0. The number of hydrogen-bond donors (Lipinski definition) is 1. The number of aromatic nitrogens is 4. The largest absolute Gasteiger partial charge is 0.471 e. The molecule has 4 heterocycles. The van der Waals surface area contributed by atoms with Crippen molar-refractivity contribution in [2.75, 3.05) is 36.5 Å². The van der Waals surface area contributed by atoms with E-state index in [1.165, 1.54) is 18.5 Å². The molecule has 0 aliphatic carbocycles. The Bertz CT molecular complexity index is 1250. The van der Waals surface area contributed by atoms with Gasteiger partial charge in [-0.05, 0) is 24.1 Å². The fourth-order valence-electron chi connectivity index (χ4n) is 4.64. The summed E-state index contributed by atoms with van der Waals surface area (Å²) in [6.45, 7) is 11.2. The highest BCUT2D eigenvalue weighted by atomic mass is 19.1. The van der Waals surface area contributed by atoms with Gasteiger partial charge in [0.25, 0.3) is 5.88 Å². The van der Waals surface area contributed by atoms with Crippen LogP contribution in [-0.4, -0.2) is 52.3 Å². The van der Waals surface area contributed by atoms with Crippen molar-refractivity contribution in [3.05, 3.63) is 65.5 Å². The van der Waals surface area contributed by atoms with Crippen LogP contribution in [0, 0.1) is 30.0 Å². The summed E-state index contributed by atoms with van der Waals surface area (Å²) in [5.41, 5.74) is 1.25. The molecule has 0 radical (unpaired) electrons. The molecule has 2 aliphatic rings. The first kappa shape index (κ1) is 23.8. The van der Waals surface area contributed by atoms with Gasteiger partial charge >= 0.3 is 0 Å². The molecule has 2 saturated heterocycles. The van der Waals surface area contributed by atoms with E-state index in [1.807, 2.05) is 12.4 Å². The minimum absolute atomic E-state index is 0.00511. The Hall–Kier alpha value is -3.91. The number of nitrogens with one attached hydrogen (secondary N) is 1. The Labute approximate surface area is 207 Å². The third-order valence-electron chi connectivity index (χ3n) is 6.36. The molecule has 2 aromatic heterocycles. The third-order valence-corrected chi connectivity index (χ3v) is 6.36. The van der Waals surface area contributed by atoms with Crippen LogP contribution in [0.1, 0.15) is 18.9 Å². The average Bonchev–Trinajstić information content (AvgIpc) is 2.88. The zero-order chi connectivity index (χ0) is 25.1. The second kappa shape index (κ2) is 10.4. The van der Waals surface area contributed by atoms with Gasteiger partial charge in [0.2, 0.25) is 11.8 Å². The van der Waals surface area contributed by atoms with E-state index in [0.29, 0.717) is 32.3 Å². The first-order valence-corrected chi connectivity index (χ1v) is 11.8. The van der Waals surface area contributed by atoms with Crippen LogP contribution in [0.2, 0.25) is 0 Å². The minimum Gasteiger partial charge on any atom is -0.471 e. The highest BCUT2D eigenvalue weighted by Gasteiger charge is 2.43. The van der Waals surface area contributed by atoms with E-state index in [4.69, 9.17) is 16.0 Å². The molecule has 3 aromatic rings. The van der Waals surface area contributed by atoms with Crippen LogP contribution < -0.4 is 15.0 Å². The van der Waals surface area contributed by atoms with Gasteiger partial charge in [0.05, 0.1) is 25.5 Å². The lowest BCUT2D eigenvalue weighted by Crippen LogP contribution is -2.58. The van der Waals surface area contributed by atoms with E-state index in [-0.39, 0.29) is 41.0 Å². The monoisotopic (exact) mass is 493 g/mol. The summed E-state index contributed by atoms with van der Waals surface area (Å²) in [5.74, 6) is -1.34. The second-order valence-electron chi connectivity index (χ2n) is 8.93. The molecule has 2 atom stereocenters. The quantitative estimate of drug-likeness (QED) is 0.487. The smallest absolute Gasteiger partial charge is 0.256 e. The molecule has 2 aliphatic heterocycles. The maximum atomic E-state index is 15.3. The fraction of sp³-hybridized carbons (Fsp3) is 0.400. The number of rotatable bonds is 7. The van der Waals surface area contributed by atoms with E-state index in [9.17, 15) is 4.39 Å². The summed E-state index contributed by atoms with van der Waals surface area (Å²) in [5, 5.41) is 2.63. The summed E-state index contributed by atoms with van der Waals surface area (Å²) in [4.78, 5) is 22.3. The summed E-state index contributed by atoms with van der Waals surface area (Å²) in [6, 6.07) is 3.87. The summed E-state index contributed by atoms with van der Waals surface area (Å²) < 4.78 is 41.4. The van der Waals surface area contributed by atoms with E-state index in [0.717, 1.165) is 24.5 Å². The molecule has 2 unspecified atom stereocenters. The van der Waals surface area contributed by atoms with E-state index >= 15 is 4.39 Å². The van der Waals surface area contributed by atoms with Crippen molar-refractivity contribution in [3.63, 3.8) is 0 Å². The van der Waals surface area contributed by atoms with E-state index in [2.05, 4.69) is 41.9 Å². The lowest BCUT2D eigenvalue weighted by molar-refractivity contribution is -0.0780. The van der Waals surface area contributed by atoms with Gasteiger partial charge in [-0.15, -0.1) is 0 Å². The number of ether oxygens (including phenoxy) is 2. The van der Waals surface area contributed by atoms with Gasteiger partial charge in [0.1, 0.15) is 18.2 Å². The molecule has 2 bridgehead atoms. The molecule has 186 valence electrons. The van der Waals surface area contributed by atoms with Gasteiger partial charge in [0.15, 0.2) is 11.5 Å². The zero-order valence-corrected chi connectivity index (χ0v) is 19.7. The van der Waals surface area contributed by atoms with Gasteiger partial charge in [-0.2, -0.15) is 9.37 Å². The van der Waals surface area contributed by atoms with Crippen LogP contribution in [0.5, 0.6) is 5.88 Å². The Morgan fingerprint density at radius 2 is 1.89 bits per heavy atom. The van der Waals surface area contributed by atoms with Gasteiger partial charge in [-0.25, -0.2) is 24.2 Å². The van der Waals surface area contributed by atoms with Gasteiger partial charge in [0, 0.05) is 37.3 Å². The fourth-order valence-corrected chi connectivity index (χ4v) is 4.64. The average molecular weight is 494 g/mol. The number of nitrogens with zero attached hydrogens (tertiary/aromatic N) is 6. The highest BCUT2D eigenvalue weighted by molar-refractivity contribution is 5.62. The van der Waals surface area contributed by atoms with Crippen molar-refractivity contribution in [3.8, 4) is 5.88 Å². The molecule has 36 heavy (non-hydrogen) atoms. The number of halogens is 2. The lowest BCUT2D eigenvalue weighted by atomic mass is 9.84. The maximum Gasteiger partial charge on any atom is 0.256 e. The van der Waals surface area contributed by atoms with Crippen LogP contribution in [0.3, 0.4) is 0 Å². The SMILES string of the molecule is [C-]#[N+]c1ccc(Nc2ncnc(OC3C4COCC3CN(c3ncc(CCC)cn3)C4)c2F)c(F)c1. The van der Waals surface area contributed by atoms with Crippen LogP contribution in [-0.2, 0) is 11.2 Å². The Morgan fingerprint density at radius 3 is 2.56 bits per heavy atom.